The number of benzene rings is 2. The van der Waals surface area contributed by atoms with E-state index in [4.69, 9.17) is 16.3 Å². The molecule has 2 N–H and O–H groups in total. The summed E-state index contributed by atoms with van der Waals surface area (Å²) in [6, 6.07) is 11.3. The predicted octanol–water partition coefficient (Wildman–Crippen LogP) is 2.78. The molecular weight excluding hydrogens is 363 g/mol. The number of amides is 2. The summed E-state index contributed by atoms with van der Waals surface area (Å²) in [5.41, 5.74) is 0.708. The third-order valence-corrected chi connectivity index (χ3v) is 3.54. The molecule has 0 spiro atoms. The van der Waals surface area contributed by atoms with E-state index in [0.717, 1.165) is 12.1 Å². The van der Waals surface area contributed by atoms with Crippen LogP contribution in [0.3, 0.4) is 0 Å². The third kappa shape index (κ3) is 5.86. The molecule has 6 nitrogen and oxygen atoms in total. The summed E-state index contributed by atoms with van der Waals surface area (Å²) in [6.07, 6.45) is -1.05. The molecule has 8 heteroatoms. The SMILES string of the molecule is C[C@@H](OC(=O)CNC(=O)c1ccc(F)cc1)C(=O)Nc1ccc(Cl)cc1. The van der Waals surface area contributed by atoms with Crippen LogP contribution in [0.15, 0.2) is 48.5 Å². The first-order valence-electron chi connectivity index (χ1n) is 7.65. The van der Waals surface area contributed by atoms with E-state index in [1.165, 1.54) is 19.1 Å². The number of ether oxygens (including phenoxy) is 1. The van der Waals surface area contributed by atoms with Gasteiger partial charge in [-0.3, -0.25) is 14.4 Å². The highest BCUT2D eigenvalue weighted by Gasteiger charge is 2.18. The number of hydrogen-bond donors (Lipinski definition) is 2. The first-order chi connectivity index (χ1) is 12.3. The minimum atomic E-state index is -1.05. The first-order valence-corrected chi connectivity index (χ1v) is 8.02. The molecule has 0 aliphatic rings. The zero-order valence-electron chi connectivity index (χ0n) is 13.8. The lowest BCUT2D eigenvalue weighted by Crippen LogP contribution is -2.35. The topological polar surface area (TPSA) is 84.5 Å². The number of nitrogens with one attached hydrogen (secondary N) is 2. The quantitative estimate of drug-likeness (QED) is 0.757. The molecule has 2 aromatic rings. The monoisotopic (exact) mass is 378 g/mol. The second kappa shape index (κ2) is 8.96. The van der Waals surface area contributed by atoms with Crippen molar-refractivity contribution in [3.63, 3.8) is 0 Å². The van der Waals surface area contributed by atoms with Gasteiger partial charge >= 0.3 is 5.97 Å². The van der Waals surface area contributed by atoms with Crippen LogP contribution in [0.2, 0.25) is 5.02 Å². The maximum Gasteiger partial charge on any atom is 0.326 e. The average Bonchev–Trinajstić information content (AvgIpc) is 2.62. The molecule has 2 rings (SSSR count). The molecule has 0 aliphatic carbocycles. The fraction of sp³-hybridized carbons (Fsp3) is 0.167. The number of halogens is 2. The number of carbonyl (C=O) groups is 3. The highest BCUT2D eigenvalue weighted by molar-refractivity contribution is 6.30. The van der Waals surface area contributed by atoms with Gasteiger partial charge in [-0.25, -0.2) is 4.39 Å². The van der Waals surface area contributed by atoms with Crippen molar-refractivity contribution in [2.75, 3.05) is 11.9 Å². The van der Waals surface area contributed by atoms with Crippen LogP contribution in [-0.4, -0.2) is 30.4 Å². The van der Waals surface area contributed by atoms with Crippen LogP contribution in [0.25, 0.3) is 0 Å². The fourth-order valence-corrected chi connectivity index (χ4v) is 2.05. The van der Waals surface area contributed by atoms with Crippen molar-refractivity contribution in [1.29, 1.82) is 0 Å². The second-order valence-corrected chi connectivity index (χ2v) is 5.75. The maximum atomic E-state index is 12.8. The Bertz CT molecular complexity index is 794. The van der Waals surface area contributed by atoms with E-state index < -0.39 is 36.2 Å². The van der Waals surface area contributed by atoms with Crippen LogP contribution >= 0.6 is 11.6 Å². The highest BCUT2D eigenvalue weighted by Crippen LogP contribution is 2.13. The Morgan fingerprint density at radius 2 is 1.69 bits per heavy atom. The summed E-state index contributed by atoms with van der Waals surface area (Å²) >= 11 is 5.76. The Morgan fingerprint density at radius 3 is 2.31 bits per heavy atom. The summed E-state index contributed by atoms with van der Waals surface area (Å²) in [5.74, 6) is -2.33. The van der Waals surface area contributed by atoms with Crippen molar-refractivity contribution in [1.82, 2.24) is 5.32 Å². The molecule has 1 atom stereocenters. The molecule has 136 valence electrons. The van der Waals surface area contributed by atoms with Gasteiger partial charge < -0.3 is 15.4 Å². The molecule has 0 saturated heterocycles. The summed E-state index contributed by atoms with van der Waals surface area (Å²) < 4.78 is 17.8. The number of rotatable bonds is 6. The number of anilines is 1. The van der Waals surface area contributed by atoms with Crippen molar-refractivity contribution in [2.24, 2.45) is 0 Å². The summed E-state index contributed by atoms with van der Waals surface area (Å²) in [4.78, 5) is 35.5. The van der Waals surface area contributed by atoms with Crippen molar-refractivity contribution in [2.45, 2.75) is 13.0 Å². The highest BCUT2D eigenvalue weighted by atomic mass is 35.5. The average molecular weight is 379 g/mol. The molecule has 0 heterocycles. The van der Waals surface area contributed by atoms with Crippen LogP contribution in [0.4, 0.5) is 10.1 Å². The van der Waals surface area contributed by atoms with E-state index in [0.29, 0.717) is 10.7 Å². The van der Waals surface area contributed by atoms with Gasteiger partial charge in [0.2, 0.25) is 0 Å². The van der Waals surface area contributed by atoms with E-state index in [1.54, 1.807) is 24.3 Å². The van der Waals surface area contributed by atoms with Crippen molar-refractivity contribution >= 4 is 35.1 Å². The standard InChI is InChI=1S/C18H16ClFN2O4/c1-11(17(24)22-15-8-4-13(19)5-9-15)26-16(23)10-21-18(25)12-2-6-14(20)7-3-12/h2-9,11H,10H2,1H3,(H,21,25)(H,22,24)/t11-/m1/s1. The Hall–Kier alpha value is -2.93. The van der Waals surface area contributed by atoms with Crippen LogP contribution in [0.5, 0.6) is 0 Å². The Kier molecular flexibility index (Phi) is 6.68. The van der Waals surface area contributed by atoms with Crippen molar-refractivity contribution in [3.8, 4) is 0 Å². The Balaban J connectivity index is 1.79. The molecule has 0 aliphatic heterocycles. The molecule has 2 amide bonds. The molecule has 0 saturated carbocycles. The Labute approximate surface area is 154 Å². The first kappa shape index (κ1) is 19.4. The molecule has 0 bridgehead atoms. The maximum absolute atomic E-state index is 12.8. The minimum absolute atomic E-state index is 0.202. The number of hydrogen-bond acceptors (Lipinski definition) is 4. The van der Waals surface area contributed by atoms with Gasteiger partial charge in [-0.05, 0) is 55.5 Å². The summed E-state index contributed by atoms with van der Waals surface area (Å²) in [7, 11) is 0. The number of esters is 1. The van der Waals surface area contributed by atoms with E-state index >= 15 is 0 Å². The van der Waals surface area contributed by atoms with Crippen molar-refractivity contribution in [3.05, 3.63) is 64.9 Å². The number of carbonyl (C=O) groups excluding carboxylic acids is 3. The van der Waals surface area contributed by atoms with Gasteiger partial charge in [0.05, 0.1) is 0 Å². The van der Waals surface area contributed by atoms with Crippen LogP contribution < -0.4 is 10.6 Å². The van der Waals surface area contributed by atoms with Gasteiger partial charge in [0.15, 0.2) is 6.10 Å². The predicted molar refractivity (Wildman–Crippen MR) is 94.4 cm³/mol. The Morgan fingerprint density at radius 1 is 1.08 bits per heavy atom. The molecule has 0 unspecified atom stereocenters. The summed E-state index contributed by atoms with van der Waals surface area (Å²) in [5, 5.41) is 5.44. The van der Waals surface area contributed by atoms with E-state index in [1.807, 2.05) is 0 Å². The van der Waals surface area contributed by atoms with Gasteiger partial charge in [-0.15, -0.1) is 0 Å². The lowest BCUT2D eigenvalue weighted by molar-refractivity contribution is -0.152. The fourth-order valence-electron chi connectivity index (χ4n) is 1.93. The van der Waals surface area contributed by atoms with Crippen LogP contribution in [0.1, 0.15) is 17.3 Å². The molecular formula is C18H16ClFN2O4. The van der Waals surface area contributed by atoms with Gasteiger partial charge in [0.25, 0.3) is 11.8 Å². The van der Waals surface area contributed by atoms with Gasteiger partial charge in [-0.1, -0.05) is 11.6 Å². The second-order valence-electron chi connectivity index (χ2n) is 5.32. The zero-order valence-corrected chi connectivity index (χ0v) is 14.5. The smallest absolute Gasteiger partial charge is 0.326 e. The van der Waals surface area contributed by atoms with Gasteiger partial charge in [0.1, 0.15) is 12.4 Å². The normalized spacial score (nSPS) is 11.3. The molecule has 0 radical (unpaired) electrons. The lowest BCUT2D eigenvalue weighted by Gasteiger charge is -2.14. The van der Waals surface area contributed by atoms with Gasteiger partial charge in [-0.2, -0.15) is 0 Å². The van der Waals surface area contributed by atoms with Crippen molar-refractivity contribution < 1.29 is 23.5 Å². The van der Waals surface area contributed by atoms with Crippen LogP contribution in [-0.2, 0) is 14.3 Å². The lowest BCUT2D eigenvalue weighted by atomic mass is 10.2. The summed E-state index contributed by atoms with van der Waals surface area (Å²) in [6.45, 7) is 0.986. The molecule has 0 aromatic heterocycles. The minimum Gasteiger partial charge on any atom is -0.451 e. The van der Waals surface area contributed by atoms with E-state index in [-0.39, 0.29) is 5.56 Å². The van der Waals surface area contributed by atoms with Gasteiger partial charge in [0, 0.05) is 16.3 Å². The van der Waals surface area contributed by atoms with E-state index in [2.05, 4.69) is 10.6 Å². The van der Waals surface area contributed by atoms with Crippen LogP contribution in [0, 0.1) is 5.82 Å². The molecule has 0 fully saturated rings. The third-order valence-electron chi connectivity index (χ3n) is 3.29. The largest absolute Gasteiger partial charge is 0.451 e. The zero-order chi connectivity index (χ0) is 19.1. The van der Waals surface area contributed by atoms with E-state index in [9.17, 15) is 18.8 Å². The molecule has 26 heavy (non-hydrogen) atoms. The molecule has 2 aromatic carbocycles.